The summed E-state index contributed by atoms with van der Waals surface area (Å²) in [5, 5.41) is 14.2. The van der Waals surface area contributed by atoms with Gasteiger partial charge in [0.1, 0.15) is 0 Å². The summed E-state index contributed by atoms with van der Waals surface area (Å²) >= 11 is 1.80. The van der Waals surface area contributed by atoms with E-state index >= 15 is 0 Å². The van der Waals surface area contributed by atoms with Crippen LogP contribution in [0.2, 0.25) is 0 Å². The zero-order valence-electron chi connectivity index (χ0n) is 7.95. The fraction of sp³-hybridized carbons (Fsp3) is 0.667. The van der Waals surface area contributed by atoms with Crippen molar-refractivity contribution in [2.75, 3.05) is 11.5 Å². The standard InChI is InChI=1S/C9H14N2OS/c1-7-3-8(11(2)10-7)4-9(12)5-13-6-9/h3,12H,4-6H2,1-2H3. The zero-order chi connectivity index (χ0) is 9.47. The molecule has 2 heterocycles. The number of aryl methyl sites for hydroxylation is 2. The summed E-state index contributed by atoms with van der Waals surface area (Å²) in [7, 11) is 1.93. The van der Waals surface area contributed by atoms with Gasteiger partial charge in [-0.15, -0.1) is 0 Å². The predicted molar refractivity (Wildman–Crippen MR) is 53.9 cm³/mol. The molecule has 0 radical (unpaired) electrons. The maximum Gasteiger partial charge on any atom is 0.0882 e. The molecule has 0 saturated carbocycles. The van der Waals surface area contributed by atoms with E-state index in [1.54, 1.807) is 11.8 Å². The van der Waals surface area contributed by atoms with Crippen LogP contribution in [0.15, 0.2) is 6.07 Å². The van der Waals surface area contributed by atoms with Crippen LogP contribution < -0.4 is 0 Å². The number of thioether (sulfide) groups is 1. The summed E-state index contributed by atoms with van der Waals surface area (Å²) in [6.45, 7) is 1.98. The molecule has 13 heavy (non-hydrogen) atoms. The smallest absolute Gasteiger partial charge is 0.0882 e. The number of hydrogen-bond acceptors (Lipinski definition) is 3. The van der Waals surface area contributed by atoms with Crippen molar-refractivity contribution in [1.82, 2.24) is 9.78 Å². The lowest BCUT2D eigenvalue weighted by Crippen LogP contribution is -2.45. The molecule has 0 aromatic carbocycles. The average Bonchev–Trinajstić information content (AvgIpc) is 2.27. The van der Waals surface area contributed by atoms with Crippen LogP contribution in [-0.2, 0) is 13.5 Å². The van der Waals surface area contributed by atoms with Crippen molar-refractivity contribution in [3.63, 3.8) is 0 Å². The van der Waals surface area contributed by atoms with Gasteiger partial charge >= 0.3 is 0 Å². The van der Waals surface area contributed by atoms with E-state index in [1.807, 2.05) is 24.7 Å². The molecule has 3 nitrogen and oxygen atoms in total. The highest BCUT2D eigenvalue weighted by atomic mass is 32.2. The highest BCUT2D eigenvalue weighted by Gasteiger charge is 2.36. The van der Waals surface area contributed by atoms with Crippen LogP contribution in [0.3, 0.4) is 0 Å². The molecule has 0 unspecified atom stereocenters. The van der Waals surface area contributed by atoms with Gasteiger partial charge in [-0.3, -0.25) is 4.68 Å². The highest BCUT2D eigenvalue weighted by Crippen LogP contribution is 2.32. The maximum absolute atomic E-state index is 9.94. The second-order valence-electron chi connectivity index (χ2n) is 3.79. The Morgan fingerprint density at radius 2 is 2.38 bits per heavy atom. The summed E-state index contributed by atoms with van der Waals surface area (Å²) < 4.78 is 1.86. The van der Waals surface area contributed by atoms with Crippen LogP contribution in [-0.4, -0.2) is 32.0 Å². The molecule has 2 rings (SSSR count). The van der Waals surface area contributed by atoms with E-state index < -0.39 is 5.60 Å². The number of hydrogen-bond donors (Lipinski definition) is 1. The van der Waals surface area contributed by atoms with E-state index in [-0.39, 0.29) is 0 Å². The lowest BCUT2D eigenvalue weighted by atomic mass is 10.0. The summed E-state index contributed by atoms with van der Waals surface area (Å²) in [4.78, 5) is 0. The van der Waals surface area contributed by atoms with Gasteiger partial charge in [0.2, 0.25) is 0 Å². The van der Waals surface area contributed by atoms with Gasteiger partial charge in [0.05, 0.1) is 11.3 Å². The first-order chi connectivity index (χ1) is 6.09. The van der Waals surface area contributed by atoms with Crippen molar-refractivity contribution in [1.29, 1.82) is 0 Å². The van der Waals surface area contributed by atoms with Gasteiger partial charge in [0, 0.05) is 30.7 Å². The normalized spacial score (nSPS) is 19.9. The first kappa shape index (κ1) is 9.09. The molecule has 1 aromatic rings. The summed E-state index contributed by atoms with van der Waals surface area (Å²) in [5.41, 5.74) is 1.68. The van der Waals surface area contributed by atoms with E-state index in [9.17, 15) is 5.11 Å². The van der Waals surface area contributed by atoms with E-state index in [2.05, 4.69) is 5.10 Å². The van der Waals surface area contributed by atoms with E-state index in [0.717, 1.165) is 29.3 Å². The average molecular weight is 198 g/mol. The Labute approximate surface area is 82.1 Å². The number of aromatic nitrogens is 2. The second kappa shape index (κ2) is 3.03. The van der Waals surface area contributed by atoms with E-state index in [0.29, 0.717) is 0 Å². The van der Waals surface area contributed by atoms with Gasteiger partial charge in [-0.05, 0) is 13.0 Å². The van der Waals surface area contributed by atoms with Gasteiger partial charge < -0.3 is 5.11 Å². The van der Waals surface area contributed by atoms with Crippen molar-refractivity contribution in [3.05, 3.63) is 17.5 Å². The lowest BCUT2D eigenvalue weighted by molar-refractivity contribution is 0.0772. The van der Waals surface area contributed by atoms with Crippen LogP contribution >= 0.6 is 11.8 Å². The minimum Gasteiger partial charge on any atom is -0.388 e. The quantitative estimate of drug-likeness (QED) is 0.762. The predicted octanol–water partition coefficient (Wildman–Crippen LogP) is 0.749. The third-order valence-corrected chi connectivity index (χ3v) is 3.83. The molecule has 0 spiro atoms. The first-order valence-electron chi connectivity index (χ1n) is 4.39. The molecule has 1 fully saturated rings. The largest absolute Gasteiger partial charge is 0.388 e. The van der Waals surface area contributed by atoms with Crippen molar-refractivity contribution < 1.29 is 5.11 Å². The Bertz CT molecular complexity index is 317. The monoisotopic (exact) mass is 198 g/mol. The van der Waals surface area contributed by atoms with Gasteiger partial charge in [-0.2, -0.15) is 16.9 Å². The Kier molecular flexibility index (Phi) is 2.12. The van der Waals surface area contributed by atoms with Gasteiger partial charge in [-0.25, -0.2) is 0 Å². The molecule has 1 N–H and O–H groups in total. The molecule has 72 valence electrons. The molecule has 1 aliphatic rings. The van der Waals surface area contributed by atoms with Gasteiger partial charge in [0.15, 0.2) is 0 Å². The van der Waals surface area contributed by atoms with Crippen LogP contribution in [0.25, 0.3) is 0 Å². The third-order valence-electron chi connectivity index (χ3n) is 2.35. The zero-order valence-corrected chi connectivity index (χ0v) is 8.77. The molecule has 1 aliphatic heterocycles. The van der Waals surface area contributed by atoms with Crippen LogP contribution in [0.1, 0.15) is 11.4 Å². The molecular weight excluding hydrogens is 184 g/mol. The minimum absolute atomic E-state index is 0.467. The summed E-state index contributed by atoms with van der Waals surface area (Å²) in [5.74, 6) is 1.72. The van der Waals surface area contributed by atoms with Crippen molar-refractivity contribution in [2.45, 2.75) is 18.9 Å². The Morgan fingerprint density at radius 3 is 2.77 bits per heavy atom. The lowest BCUT2D eigenvalue weighted by Gasteiger charge is -2.35. The molecular formula is C9H14N2OS. The maximum atomic E-state index is 9.94. The SMILES string of the molecule is Cc1cc(CC2(O)CSC2)n(C)n1. The summed E-state index contributed by atoms with van der Waals surface area (Å²) in [6, 6.07) is 2.04. The molecule has 4 heteroatoms. The van der Waals surface area contributed by atoms with Gasteiger partial charge in [0.25, 0.3) is 0 Å². The molecule has 1 aromatic heterocycles. The Hall–Kier alpha value is -0.480. The van der Waals surface area contributed by atoms with Crippen molar-refractivity contribution in [3.8, 4) is 0 Å². The molecule has 0 aliphatic carbocycles. The van der Waals surface area contributed by atoms with E-state index in [4.69, 9.17) is 0 Å². The Balaban J connectivity index is 2.12. The number of rotatable bonds is 2. The van der Waals surface area contributed by atoms with Crippen molar-refractivity contribution in [2.24, 2.45) is 7.05 Å². The second-order valence-corrected chi connectivity index (χ2v) is 4.78. The minimum atomic E-state index is -0.467. The van der Waals surface area contributed by atoms with Crippen molar-refractivity contribution >= 4 is 11.8 Å². The molecule has 1 saturated heterocycles. The van der Waals surface area contributed by atoms with Crippen LogP contribution in [0.4, 0.5) is 0 Å². The fourth-order valence-corrected chi connectivity index (χ4v) is 2.49. The number of aliphatic hydroxyl groups is 1. The van der Waals surface area contributed by atoms with Crippen LogP contribution in [0.5, 0.6) is 0 Å². The highest BCUT2D eigenvalue weighted by molar-refractivity contribution is 8.00. The Morgan fingerprint density at radius 1 is 1.69 bits per heavy atom. The fourth-order valence-electron chi connectivity index (χ4n) is 1.61. The topological polar surface area (TPSA) is 38.0 Å². The third kappa shape index (κ3) is 1.74. The molecule has 0 amide bonds. The first-order valence-corrected chi connectivity index (χ1v) is 5.54. The van der Waals surface area contributed by atoms with Gasteiger partial charge in [-0.1, -0.05) is 0 Å². The molecule has 0 atom stereocenters. The summed E-state index contributed by atoms with van der Waals surface area (Å²) in [6.07, 6.45) is 0.733. The van der Waals surface area contributed by atoms with Crippen LogP contribution in [0, 0.1) is 6.92 Å². The van der Waals surface area contributed by atoms with E-state index in [1.165, 1.54) is 0 Å². The molecule has 0 bridgehead atoms. The number of nitrogens with zero attached hydrogens (tertiary/aromatic N) is 2.